The number of carbonyl (C=O) groups is 2. The Morgan fingerprint density at radius 1 is 1.14 bits per heavy atom. The summed E-state index contributed by atoms with van der Waals surface area (Å²) in [7, 11) is 0. The number of benzene rings is 3. The SMILES string of the molecule is O=C(O)c1ccc2nn3c(c2c1)OCC[C@H]1[C@@H]3C(c2cccc(Cl)c2F)[C@]2(C(=O)Nc3cc(Cl)ccc32)N1CC1CC1. The number of carbonyl (C=O) groups excluding carboxylic acids is 1. The summed E-state index contributed by atoms with van der Waals surface area (Å²) in [5, 5.41) is 18.7. The van der Waals surface area contributed by atoms with E-state index in [0.29, 0.717) is 58.5 Å². The second-order valence-corrected chi connectivity index (χ2v) is 12.5. The number of ether oxygens (including phenoxy) is 1. The molecule has 11 heteroatoms. The highest BCUT2D eigenvalue weighted by atomic mass is 35.5. The number of nitrogens with zero attached hydrogens (tertiary/aromatic N) is 3. The summed E-state index contributed by atoms with van der Waals surface area (Å²) in [6.07, 6.45) is 2.67. The summed E-state index contributed by atoms with van der Waals surface area (Å²) in [5.41, 5.74) is 1.04. The first-order valence-corrected chi connectivity index (χ1v) is 14.7. The Labute approximate surface area is 250 Å². The van der Waals surface area contributed by atoms with Crippen LogP contribution in [0.2, 0.25) is 10.0 Å². The lowest BCUT2D eigenvalue weighted by Crippen LogP contribution is -2.53. The minimum Gasteiger partial charge on any atom is -0.478 e. The number of likely N-dealkylation sites (tertiary alicyclic amines) is 1. The van der Waals surface area contributed by atoms with Crippen molar-refractivity contribution in [2.75, 3.05) is 18.5 Å². The molecule has 1 spiro atoms. The predicted molar refractivity (Wildman–Crippen MR) is 155 cm³/mol. The van der Waals surface area contributed by atoms with Crippen LogP contribution >= 0.6 is 23.2 Å². The van der Waals surface area contributed by atoms with Gasteiger partial charge in [0.15, 0.2) is 0 Å². The summed E-state index contributed by atoms with van der Waals surface area (Å²) in [6.45, 7) is 0.963. The van der Waals surface area contributed by atoms with Crippen LogP contribution in [0.5, 0.6) is 5.88 Å². The number of anilines is 1. The number of aromatic nitrogens is 2. The van der Waals surface area contributed by atoms with E-state index in [0.717, 1.165) is 18.4 Å². The van der Waals surface area contributed by atoms with Crippen LogP contribution in [-0.4, -0.2) is 50.9 Å². The molecule has 4 aliphatic rings. The van der Waals surface area contributed by atoms with Crippen LogP contribution in [0.1, 0.15) is 52.7 Å². The van der Waals surface area contributed by atoms with Crippen molar-refractivity contribution in [1.29, 1.82) is 0 Å². The van der Waals surface area contributed by atoms with Crippen molar-refractivity contribution < 1.29 is 23.8 Å². The number of rotatable bonds is 4. The smallest absolute Gasteiger partial charge is 0.335 e. The van der Waals surface area contributed by atoms with Crippen LogP contribution in [0, 0.1) is 11.7 Å². The maximum Gasteiger partial charge on any atom is 0.335 e. The monoisotopic (exact) mass is 606 g/mol. The molecule has 2 fully saturated rings. The molecule has 42 heavy (non-hydrogen) atoms. The van der Waals surface area contributed by atoms with Gasteiger partial charge in [-0.25, -0.2) is 13.9 Å². The van der Waals surface area contributed by atoms with E-state index in [9.17, 15) is 14.7 Å². The highest BCUT2D eigenvalue weighted by Gasteiger charge is 2.68. The molecule has 8 rings (SSSR count). The van der Waals surface area contributed by atoms with Crippen molar-refractivity contribution in [3.05, 3.63) is 87.2 Å². The van der Waals surface area contributed by atoms with Crippen molar-refractivity contribution >= 4 is 51.7 Å². The normalized spacial score (nSPS) is 26.5. The van der Waals surface area contributed by atoms with Crippen LogP contribution in [0.3, 0.4) is 0 Å². The van der Waals surface area contributed by atoms with Gasteiger partial charge in [-0.15, -0.1) is 0 Å². The lowest BCUT2D eigenvalue weighted by Gasteiger charge is -2.40. The highest BCUT2D eigenvalue weighted by Crippen LogP contribution is 2.63. The fraction of sp³-hybridized carbons (Fsp3) is 0.323. The Kier molecular flexibility index (Phi) is 5.68. The Balaban J connectivity index is 1.45. The average molecular weight is 607 g/mol. The number of fused-ring (bicyclic) bond motifs is 7. The van der Waals surface area contributed by atoms with Gasteiger partial charge in [0.1, 0.15) is 11.4 Å². The van der Waals surface area contributed by atoms with Gasteiger partial charge in [0.25, 0.3) is 0 Å². The van der Waals surface area contributed by atoms with Gasteiger partial charge in [0.05, 0.1) is 34.1 Å². The number of carboxylic acids is 1. The molecule has 1 saturated heterocycles. The van der Waals surface area contributed by atoms with E-state index in [4.69, 9.17) is 33.0 Å². The zero-order chi connectivity index (χ0) is 28.9. The Hall–Kier alpha value is -3.66. The van der Waals surface area contributed by atoms with Crippen LogP contribution in [0.4, 0.5) is 10.1 Å². The molecule has 1 aromatic heterocycles. The first-order valence-electron chi connectivity index (χ1n) is 14.0. The Bertz CT molecular complexity index is 1820. The molecule has 2 N–H and O–H groups in total. The first kappa shape index (κ1) is 26.0. The lowest BCUT2D eigenvalue weighted by atomic mass is 9.73. The van der Waals surface area contributed by atoms with Gasteiger partial charge in [0.2, 0.25) is 11.8 Å². The van der Waals surface area contributed by atoms with E-state index >= 15 is 4.39 Å². The molecule has 3 aliphatic heterocycles. The third kappa shape index (κ3) is 3.53. The number of amides is 1. The molecule has 0 bridgehead atoms. The average Bonchev–Trinajstić information content (AvgIpc) is 3.62. The first-order chi connectivity index (χ1) is 20.3. The number of hydrogen-bond acceptors (Lipinski definition) is 5. The van der Waals surface area contributed by atoms with Gasteiger partial charge in [-0.3, -0.25) is 9.69 Å². The fourth-order valence-corrected chi connectivity index (χ4v) is 7.83. The number of nitrogens with one attached hydrogen (secondary N) is 1. The Morgan fingerprint density at radius 3 is 2.76 bits per heavy atom. The molecule has 8 nitrogen and oxygen atoms in total. The molecule has 4 heterocycles. The van der Waals surface area contributed by atoms with E-state index < -0.39 is 29.3 Å². The van der Waals surface area contributed by atoms with Crippen molar-refractivity contribution in [3.63, 3.8) is 0 Å². The molecular formula is C31H25Cl2FN4O4. The second kappa shape index (κ2) is 9.17. The maximum absolute atomic E-state index is 16.2. The van der Waals surface area contributed by atoms with Crippen LogP contribution in [0.25, 0.3) is 10.9 Å². The van der Waals surface area contributed by atoms with Gasteiger partial charge in [-0.05, 0) is 67.1 Å². The zero-order valence-electron chi connectivity index (χ0n) is 22.2. The van der Waals surface area contributed by atoms with Gasteiger partial charge in [-0.1, -0.05) is 41.4 Å². The van der Waals surface area contributed by atoms with Crippen molar-refractivity contribution in [2.45, 2.75) is 42.8 Å². The number of aromatic carboxylic acids is 1. The molecule has 1 aliphatic carbocycles. The number of halogens is 3. The van der Waals surface area contributed by atoms with Crippen molar-refractivity contribution in [2.24, 2.45) is 5.92 Å². The molecule has 1 unspecified atom stereocenters. The van der Waals surface area contributed by atoms with Crippen LogP contribution in [0.15, 0.2) is 54.6 Å². The van der Waals surface area contributed by atoms with E-state index in [-0.39, 0.29) is 22.5 Å². The molecule has 3 aromatic carbocycles. The minimum absolute atomic E-state index is 0.0311. The molecule has 0 radical (unpaired) electrons. The summed E-state index contributed by atoms with van der Waals surface area (Å²) in [6, 6.07) is 14.2. The summed E-state index contributed by atoms with van der Waals surface area (Å²) in [5.74, 6) is -1.82. The van der Waals surface area contributed by atoms with Gasteiger partial charge >= 0.3 is 5.97 Å². The Morgan fingerprint density at radius 2 is 1.98 bits per heavy atom. The molecule has 1 amide bonds. The number of carboxylic acid groups (broad SMARTS) is 1. The largest absolute Gasteiger partial charge is 0.478 e. The van der Waals surface area contributed by atoms with Crippen LogP contribution in [-0.2, 0) is 10.3 Å². The van der Waals surface area contributed by atoms with E-state index in [1.165, 1.54) is 12.1 Å². The summed E-state index contributed by atoms with van der Waals surface area (Å²) in [4.78, 5) is 28.6. The standard InChI is InChI=1S/C31H25Cl2FN4O4/c32-17-7-8-20-23(13-17)35-30(41)31(20)25(18-2-1-3-21(33)26(18)34)27-24(37(31)14-15-4-5-15)10-11-42-28-19-12-16(29(39)40)6-9-22(19)36-38(27)28/h1-3,6-9,12-13,15,24-25,27H,4-5,10-11,14H2,(H,35,41)(H,39,40)/t24-,25?,27+,31+/m0/s1. The van der Waals surface area contributed by atoms with Crippen molar-refractivity contribution in [1.82, 2.24) is 14.7 Å². The second-order valence-electron chi connectivity index (χ2n) is 11.6. The third-order valence-electron chi connectivity index (χ3n) is 9.33. The third-order valence-corrected chi connectivity index (χ3v) is 9.85. The quantitative estimate of drug-likeness (QED) is 0.286. The van der Waals surface area contributed by atoms with Gasteiger partial charge in [0, 0.05) is 34.8 Å². The lowest BCUT2D eigenvalue weighted by molar-refractivity contribution is -0.128. The molecular weight excluding hydrogens is 582 g/mol. The van der Waals surface area contributed by atoms with E-state index in [1.807, 2.05) is 6.07 Å². The van der Waals surface area contributed by atoms with Crippen LogP contribution < -0.4 is 10.1 Å². The number of hydrogen-bond donors (Lipinski definition) is 2. The van der Waals surface area contributed by atoms with Gasteiger partial charge < -0.3 is 15.2 Å². The molecule has 1 saturated carbocycles. The topological polar surface area (TPSA) is 96.7 Å². The molecule has 4 atom stereocenters. The summed E-state index contributed by atoms with van der Waals surface area (Å²) < 4.78 is 24.3. The zero-order valence-corrected chi connectivity index (χ0v) is 23.7. The van der Waals surface area contributed by atoms with Crippen molar-refractivity contribution in [3.8, 4) is 5.88 Å². The van der Waals surface area contributed by atoms with E-state index in [1.54, 1.807) is 41.1 Å². The summed E-state index contributed by atoms with van der Waals surface area (Å²) >= 11 is 12.8. The maximum atomic E-state index is 16.2. The van der Waals surface area contributed by atoms with Gasteiger partial charge in [-0.2, -0.15) is 5.10 Å². The molecule has 214 valence electrons. The fourth-order valence-electron chi connectivity index (χ4n) is 7.47. The minimum atomic E-state index is -1.28. The highest BCUT2D eigenvalue weighted by molar-refractivity contribution is 6.31. The molecule has 4 aromatic rings. The predicted octanol–water partition coefficient (Wildman–Crippen LogP) is 6.23. The van der Waals surface area contributed by atoms with E-state index in [2.05, 4.69) is 10.2 Å².